The van der Waals surface area contributed by atoms with Gasteiger partial charge in [0.25, 0.3) is 0 Å². The molecule has 1 heterocycles. The molecule has 0 bridgehead atoms. The third-order valence-electron chi connectivity index (χ3n) is 1.96. The van der Waals surface area contributed by atoms with E-state index in [0.717, 1.165) is 9.50 Å². The Hall–Kier alpha value is -0.0200. The van der Waals surface area contributed by atoms with Gasteiger partial charge in [-0.3, -0.25) is 0 Å². The van der Waals surface area contributed by atoms with Gasteiger partial charge in [-0.2, -0.15) is 0 Å². The minimum Gasteiger partial charge on any atom is -0.249 e. The van der Waals surface area contributed by atoms with Gasteiger partial charge in [0.2, 0.25) is 0 Å². The minimum atomic E-state index is 0.603. The highest BCUT2D eigenvalue weighted by atomic mass is 79.9. The van der Waals surface area contributed by atoms with Gasteiger partial charge in [-0.25, -0.2) is 4.98 Å². The molecule has 0 aliphatic carbocycles. The van der Waals surface area contributed by atoms with E-state index in [-0.39, 0.29) is 0 Å². The van der Waals surface area contributed by atoms with Crippen molar-refractivity contribution >= 4 is 27.7 Å². The molecular formula is C10H14BrNS. The molecule has 0 fully saturated rings. The summed E-state index contributed by atoms with van der Waals surface area (Å²) in [7, 11) is 0. The fraction of sp³-hybridized carbons (Fsp3) is 0.500. The standard InChI is InChI=1S/C10H14BrNS/c1-7(2)8(3)13-10-9(11)5-4-6-12-10/h4-8H,1-3H3. The van der Waals surface area contributed by atoms with E-state index in [1.807, 2.05) is 30.1 Å². The third-order valence-corrected chi connectivity index (χ3v) is 4.33. The summed E-state index contributed by atoms with van der Waals surface area (Å²) in [5, 5.41) is 1.69. The lowest BCUT2D eigenvalue weighted by molar-refractivity contribution is 0.641. The molecule has 13 heavy (non-hydrogen) atoms. The quantitative estimate of drug-likeness (QED) is 0.762. The first-order valence-corrected chi connectivity index (χ1v) is 6.05. The number of halogens is 1. The van der Waals surface area contributed by atoms with Crippen LogP contribution in [-0.4, -0.2) is 10.2 Å². The Morgan fingerprint density at radius 2 is 2.08 bits per heavy atom. The first-order valence-electron chi connectivity index (χ1n) is 4.38. The lowest BCUT2D eigenvalue weighted by Crippen LogP contribution is -2.05. The molecule has 0 saturated heterocycles. The van der Waals surface area contributed by atoms with Crippen molar-refractivity contribution in [3.05, 3.63) is 22.8 Å². The topological polar surface area (TPSA) is 12.9 Å². The largest absolute Gasteiger partial charge is 0.249 e. The van der Waals surface area contributed by atoms with E-state index in [2.05, 4.69) is 41.7 Å². The normalized spacial score (nSPS) is 13.3. The van der Waals surface area contributed by atoms with E-state index >= 15 is 0 Å². The molecule has 0 spiro atoms. The highest BCUT2D eigenvalue weighted by Gasteiger charge is 2.11. The highest BCUT2D eigenvalue weighted by molar-refractivity contribution is 9.10. The Balaban J connectivity index is 2.69. The Kier molecular flexibility index (Phi) is 4.26. The molecule has 0 N–H and O–H groups in total. The maximum absolute atomic E-state index is 4.32. The highest BCUT2D eigenvalue weighted by Crippen LogP contribution is 2.30. The van der Waals surface area contributed by atoms with Crippen LogP contribution in [0.1, 0.15) is 20.8 Å². The first kappa shape index (κ1) is 11.1. The number of aromatic nitrogens is 1. The molecule has 1 aromatic heterocycles. The van der Waals surface area contributed by atoms with Gasteiger partial charge in [0.05, 0.1) is 0 Å². The smallest absolute Gasteiger partial charge is 0.110 e. The van der Waals surface area contributed by atoms with Gasteiger partial charge >= 0.3 is 0 Å². The summed E-state index contributed by atoms with van der Waals surface area (Å²) in [4.78, 5) is 4.32. The molecule has 1 atom stereocenters. The second-order valence-electron chi connectivity index (χ2n) is 3.36. The maximum Gasteiger partial charge on any atom is 0.110 e. The van der Waals surface area contributed by atoms with Crippen molar-refractivity contribution in [1.82, 2.24) is 4.98 Å². The molecule has 0 radical (unpaired) electrons. The van der Waals surface area contributed by atoms with Crippen LogP contribution in [0.25, 0.3) is 0 Å². The summed E-state index contributed by atoms with van der Waals surface area (Å²) >= 11 is 5.31. The van der Waals surface area contributed by atoms with Gasteiger partial charge in [-0.1, -0.05) is 20.8 Å². The third kappa shape index (κ3) is 3.31. The van der Waals surface area contributed by atoms with E-state index in [4.69, 9.17) is 0 Å². The zero-order chi connectivity index (χ0) is 9.84. The van der Waals surface area contributed by atoms with Gasteiger partial charge in [0, 0.05) is 15.9 Å². The fourth-order valence-electron chi connectivity index (χ4n) is 0.770. The van der Waals surface area contributed by atoms with Crippen LogP contribution in [0.5, 0.6) is 0 Å². The van der Waals surface area contributed by atoms with Crippen LogP contribution in [0.4, 0.5) is 0 Å². The summed E-state index contributed by atoms with van der Waals surface area (Å²) in [5.74, 6) is 0.680. The number of thioether (sulfide) groups is 1. The SMILES string of the molecule is CC(C)C(C)Sc1ncccc1Br. The van der Waals surface area contributed by atoms with Crippen LogP contribution in [0.2, 0.25) is 0 Å². The number of hydrogen-bond acceptors (Lipinski definition) is 2. The molecule has 0 aromatic carbocycles. The molecule has 72 valence electrons. The van der Waals surface area contributed by atoms with E-state index in [1.54, 1.807) is 0 Å². The van der Waals surface area contributed by atoms with Crippen molar-refractivity contribution in [3.63, 3.8) is 0 Å². The summed E-state index contributed by atoms with van der Waals surface area (Å²) < 4.78 is 1.09. The molecule has 1 nitrogen and oxygen atoms in total. The predicted octanol–water partition coefficient (Wildman–Crippen LogP) is 3.98. The molecule has 0 amide bonds. The minimum absolute atomic E-state index is 0.603. The van der Waals surface area contributed by atoms with Crippen LogP contribution >= 0.6 is 27.7 Å². The van der Waals surface area contributed by atoms with E-state index < -0.39 is 0 Å². The van der Waals surface area contributed by atoms with Crippen molar-refractivity contribution < 1.29 is 0 Å². The second-order valence-corrected chi connectivity index (χ2v) is 5.58. The number of rotatable bonds is 3. The Morgan fingerprint density at radius 3 is 2.62 bits per heavy atom. The summed E-state index contributed by atoms with van der Waals surface area (Å²) in [5.41, 5.74) is 0. The van der Waals surface area contributed by atoms with Gasteiger partial charge in [-0.05, 0) is 34.0 Å². The monoisotopic (exact) mass is 259 g/mol. The van der Waals surface area contributed by atoms with Crippen LogP contribution in [0, 0.1) is 5.92 Å². The first-order chi connectivity index (χ1) is 6.11. The average molecular weight is 260 g/mol. The summed E-state index contributed by atoms with van der Waals surface area (Å²) in [6.07, 6.45) is 1.83. The van der Waals surface area contributed by atoms with Crippen LogP contribution in [0.15, 0.2) is 27.8 Å². The van der Waals surface area contributed by atoms with Crippen LogP contribution < -0.4 is 0 Å². The summed E-state index contributed by atoms with van der Waals surface area (Å²) in [6.45, 7) is 6.69. The second kappa shape index (κ2) is 5.01. The van der Waals surface area contributed by atoms with Crippen LogP contribution in [0.3, 0.4) is 0 Å². The van der Waals surface area contributed by atoms with E-state index in [1.165, 1.54) is 0 Å². The van der Waals surface area contributed by atoms with Crippen LogP contribution in [-0.2, 0) is 0 Å². The van der Waals surface area contributed by atoms with Gasteiger partial charge in [-0.15, -0.1) is 11.8 Å². The van der Waals surface area contributed by atoms with E-state index in [9.17, 15) is 0 Å². The number of nitrogens with zero attached hydrogens (tertiary/aromatic N) is 1. The maximum atomic E-state index is 4.32. The van der Waals surface area contributed by atoms with E-state index in [0.29, 0.717) is 11.2 Å². The average Bonchev–Trinajstić information content (AvgIpc) is 2.08. The predicted molar refractivity (Wildman–Crippen MR) is 62.1 cm³/mol. The zero-order valence-corrected chi connectivity index (χ0v) is 10.5. The fourth-order valence-corrected chi connectivity index (χ4v) is 2.23. The van der Waals surface area contributed by atoms with Gasteiger partial charge in [0.15, 0.2) is 0 Å². The molecule has 1 unspecified atom stereocenters. The molecule has 3 heteroatoms. The molecule has 1 aromatic rings. The van der Waals surface area contributed by atoms with Crippen molar-refractivity contribution in [2.45, 2.75) is 31.0 Å². The molecular weight excluding hydrogens is 246 g/mol. The zero-order valence-electron chi connectivity index (χ0n) is 8.12. The molecule has 0 saturated carbocycles. The lowest BCUT2D eigenvalue weighted by Gasteiger charge is -2.14. The Morgan fingerprint density at radius 1 is 1.38 bits per heavy atom. The van der Waals surface area contributed by atoms with Gasteiger partial charge < -0.3 is 0 Å². The van der Waals surface area contributed by atoms with Crippen molar-refractivity contribution in [2.24, 2.45) is 5.92 Å². The Labute approximate surface area is 92.5 Å². The Bertz CT molecular complexity index is 275. The van der Waals surface area contributed by atoms with Crippen molar-refractivity contribution in [2.75, 3.05) is 0 Å². The number of hydrogen-bond donors (Lipinski definition) is 0. The van der Waals surface area contributed by atoms with Crippen molar-refractivity contribution in [1.29, 1.82) is 0 Å². The molecule has 1 rings (SSSR count). The van der Waals surface area contributed by atoms with Gasteiger partial charge in [0.1, 0.15) is 5.03 Å². The van der Waals surface area contributed by atoms with Crippen molar-refractivity contribution in [3.8, 4) is 0 Å². The number of pyridine rings is 1. The lowest BCUT2D eigenvalue weighted by atomic mass is 10.2. The summed E-state index contributed by atoms with van der Waals surface area (Å²) in [6, 6.07) is 3.97. The molecule has 0 aliphatic heterocycles. The molecule has 0 aliphatic rings.